The number of ether oxygens (including phenoxy) is 2. The lowest BCUT2D eigenvalue weighted by molar-refractivity contribution is -0.0352. The van der Waals surface area contributed by atoms with Crippen molar-refractivity contribution < 1.29 is 18.7 Å². The number of rotatable bonds is 8. The van der Waals surface area contributed by atoms with E-state index in [1.807, 2.05) is 33.0 Å². The maximum atomic E-state index is 14.2. The summed E-state index contributed by atoms with van der Waals surface area (Å²) in [5.41, 5.74) is 2.73. The van der Waals surface area contributed by atoms with E-state index in [9.17, 15) is 9.18 Å². The number of hydrogen-bond acceptors (Lipinski definition) is 9. The van der Waals surface area contributed by atoms with Crippen LogP contribution in [0.5, 0.6) is 17.2 Å². The van der Waals surface area contributed by atoms with Crippen molar-refractivity contribution in [2.24, 2.45) is 5.41 Å². The monoisotopic (exact) mass is 645 g/mol. The molecular weight excluding hydrogens is 597 g/mol. The van der Waals surface area contributed by atoms with Crippen LogP contribution in [-0.4, -0.2) is 101 Å². The predicted octanol–water partition coefficient (Wildman–Crippen LogP) is 5.42. The second-order valence-corrected chi connectivity index (χ2v) is 13.9. The Hall–Kier alpha value is -3.83. The summed E-state index contributed by atoms with van der Waals surface area (Å²) >= 11 is 0. The van der Waals surface area contributed by atoms with Gasteiger partial charge in [0.1, 0.15) is 29.7 Å². The Kier molecular flexibility index (Phi) is 9.93. The van der Waals surface area contributed by atoms with E-state index in [0.717, 1.165) is 56.9 Å². The summed E-state index contributed by atoms with van der Waals surface area (Å²) < 4.78 is 26.9. The van der Waals surface area contributed by atoms with E-state index in [-0.39, 0.29) is 34.8 Å². The van der Waals surface area contributed by atoms with Crippen molar-refractivity contribution in [1.82, 2.24) is 29.7 Å². The lowest BCUT2D eigenvalue weighted by atomic mass is 9.61. The van der Waals surface area contributed by atoms with Gasteiger partial charge in [0.2, 0.25) is 0 Å². The molecule has 1 spiro atoms. The minimum atomic E-state index is -0.490. The van der Waals surface area contributed by atoms with Gasteiger partial charge in [-0.2, -0.15) is 0 Å². The first kappa shape index (κ1) is 33.1. The van der Waals surface area contributed by atoms with Gasteiger partial charge in [0.25, 0.3) is 5.91 Å². The molecule has 0 bridgehead atoms. The third-order valence-electron chi connectivity index (χ3n) is 9.83. The van der Waals surface area contributed by atoms with E-state index < -0.39 is 5.82 Å². The standard InChI is InChI=1S/C31H37FN6O3.C5H11N/c1-5-38(20(2)3)30(39)23-12-21(32)6-7-26(23)41-28-15-33-19-35-29(28)37-17-31(18-37)13-22(14-31)40-27-8-10-34-25-9-11-36(4)16-24(25)27;1-6-4-2-3-5-6/h6-8,10,12,15,19-20,22H,5,9,11,13-14,16-18H2,1-4H3;2-5H2,1H3. The van der Waals surface area contributed by atoms with Crippen molar-refractivity contribution in [3.8, 4) is 17.2 Å². The first-order valence-corrected chi connectivity index (χ1v) is 17.0. The number of halogens is 1. The molecule has 11 heteroatoms. The van der Waals surface area contributed by atoms with Crippen LogP contribution in [0.2, 0.25) is 0 Å². The number of fused-ring (bicyclic) bond motifs is 1. The number of nitrogens with zero attached hydrogens (tertiary/aromatic N) is 7. The Balaban J connectivity index is 0.000000580. The number of pyridine rings is 1. The molecule has 3 fully saturated rings. The number of amides is 1. The topological polar surface area (TPSA) is 87.2 Å². The molecule has 0 radical (unpaired) electrons. The molecule has 4 aliphatic rings. The van der Waals surface area contributed by atoms with Crippen LogP contribution in [0.1, 0.15) is 68.1 Å². The molecule has 0 atom stereocenters. The largest absolute Gasteiger partial charge is 0.490 e. The maximum Gasteiger partial charge on any atom is 0.257 e. The highest BCUT2D eigenvalue weighted by Gasteiger charge is 2.54. The molecule has 5 heterocycles. The van der Waals surface area contributed by atoms with Crippen LogP contribution in [0.3, 0.4) is 0 Å². The van der Waals surface area contributed by atoms with Gasteiger partial charge in [-0.1, -0.05) is 0 Å². The van der Waals surface area contributed by atoms with Gasteiger partial charge in [0, 0.05) is 68.1 Å². The molecule has 252 valence electrons. The molecule has 1 aliphatic carbocycles. The zero-order valence-corrected chi connectivity index (χ0v) is 28.4. The smallest absolute Gasteiger partial charge is 0.257 e. The lowest BCUT2D eigenvalue weighted by Crippen LogP contribution is -2.65. The Morgan fingerprint density at radius 3 is 2.49 bits per heavy atom. The molecule has 0 N–H and O–H groups in total. The molecule has 0 unspecified atom stereocenters. The van der Waals surface area contributed by atoms with Gasteiger partial charge < -0.3 is 29.1 Å². The minimum Gasteiger partial charge on any atom is -0.490 e. The van der Waals surface area contributed by atoms with Crippen LogP contribution in [-0.2, 0) is 13.0 Å². The normalized spacial score (nSPS) is 19.0. The van der Waals surface area contributed by atoms with E-state index in [4.69, 9.17) is 9.47 Å². The van der Waals surface area contributed by atoms with Crippen LogP contribution >= 0.6 is 0 Å². The van der Waals surface area contributed by atoms with Crippen LogP contribution in [0.15, 0.2) is 43.0 Å². The molecule has 47 heavy (non-hydrogen) atoms. The number of carbonyl (C=O) groups excluding carboxylic acids is 1. The molecule has 2 saturated heterocycles. The van der Waals surface area contributed by atoms with Gasteiger partial charge in [-0.25, -0.2) is 14.4 Å². The molecule has 7 rings (SSSR count). The fourth-order valence-corrected chi connectivity index (χ4v) is 7.27. The number of anilines is 1. The predicted molar refractivity (Wildman–Crippen MR) is 180 cm³/mol. The SMILES string of the molecule is CCN(C(=O)c1cc(F)ccc1Oc1cncnc1N1CC2(CC(Oc3ccnc4c3CN(C)CC4)C2)C1)C(C)C.CN1CCCC1. The third kappa shape index (κ3) is 7.36. The van der Waals surface area contributed by atoms with Gasteiger partial charge in [-0.3, -0.25) is 9.78 Å². The average molecular weight is 646 g/mol. The number of likely N-dealkylation sites (tertiary alicyclic amines) is 1. The zero-order valence-electron chi connectivity index (χ0n) is 28.4. The van der Waals surface area contributed by atoms with Crippen molar-refractivity contribution in [3.05, 3.63) is 65.6 Å². The Morgan fingerprint density at radius 2 is 1.81 bits per heavy atom. The quantitative estimate of drug-likeness (QED) is 0.319. The summed E-state index contributed by atoms with van der Waals surface area (Å²) in [7, 11) is 4.30. The summed E-state index contributed by atoms with van der Waals surface area (Å²) in [5.74, 6) is 1.59. The first-order chi connectivity index (χ1) is 22.6. The summed E-state index contributed by atoms with van der Waals surface area (Å²) in [6.45, 7) is 12.5. The van der Waals surface area contributed by atoms with E-state index in [0.29, 0.717) is 18.1 Å². The lowest BCUT2D eigenvalue weighted by Gasteiger charge is -2.59. The van der Waals surface area contributed by atoms with E-state index in [1.54, 1.807) is 11.1 Å². The van der Waals surface area contributed by atoms with Gasteiger partial charge in [-0.05, 0) is 97.9 Å². The highest BCUT2D eigenvalue weighted by Crippen LogP contribution is 2.52. The van der Waals surface area contributed by atoms with Crippen LogP contribution < -0.4 is 14.4 Å². The molecular formula is C36H48FN7O3. The van der Waals surface area contributed by atoms with Crippen LogP contribution in [0.25, 0.3) is 0 Å². The summed E-state index contributed by atoms with van der Waals surface area (Å²) in [6, 6.07) is 5.99. The Morgan fingerprint density at radius 1 is 1.04 bits per heavy atom. The van der Waals surface area contributed by atoms with Crippen molar-refractivity contribution in [2.75, 3.05) is 58.3 Å². The highest BCUT2D eigenvalue weighted by atomic mass is 19.1. The highest BCUT2D eigenvalue weighted by molar-refractivity contribution is 5.97. The van der Waals surface area contributed by atoms with Crippen molar-refractivity contribution in [1.29, 1.82) is 0 Å². The number of benzene rings is 1. The van der Waals surface area contributed by atoms with Gasteiger partial charge >= 0.3 is 0 Å². The van der Waals surface area contributed by atoms with Gasteiger partial charge in [0.15, 0.2) is 11.6 Å². The van der Waals surface area contributed by atoms with Gasteiger partial charge in [0.05, 0.1) is 11.8 Å². The fourth-order valence-electron chi connectivity index (χ4n) is 7.27. The number of carbonyl (C=O) groups is 1. The summed E-state index contributed by atoms with van der Waals surface area (Å²) in [5, 5.41) is 0. The number of aromatic nitrogens is 3. The fraction of sp³-hybridized carbons (Fsp3) is 0.556. The van der Waals surface area contributed by atoms with Crippen molar-refractivity contribution in [2.45, 2.75) is 71.6 Å². The van der Waals surface area contributed by atoms with Crippen molar-refractivity contribution >= 4 is 11.7 Å². The molecule has 3 aromatic rings. The zero-order chi connectivity index (χ0) is 33.1. The first-order valence-electron chi connectivity index (χ1n) is 17.0. The van der Waals surface area contributed by atoms with E-state index >= 15 is 0 Å². The van der Waals surface area contributed by atoms with Crippen LogP contribution in [0.4, 0.5) is 10.2 Å². The average Bonchev–Trinajstić information content (AvgIpc) is 3.50. The van der Waals surface area contributed by atoms with E-state index in [1.165, 1.54) is 56.0 Å². The molecule has 1 saturated carbocycles. The number of hydrogen-bond donors (Lipinski definition) is 0. The molecule has 10 nitrogen and oxygen atoms in total. The second-order valence-electron chi connectivity index (χ2n) is 13.9. The van der Waals surface area contributed by atoms with Gasteiger partial charge in [-0.15, -0.1) is 0 Å². The Labute approximate surface area is 277 Å². The Bertz CT molecular complexity index is 1550. The second kappa shape index (κ2) is 14.1. The van der Waals surface area contributed by atoms with E-state index in [2.05, 4.69) is 43.7 Å². The van der Waals surface area contributed by atoms with Crippen LogP contribution in [0, 0.1) is 11.2 Å². The minimum absolute atomic E-state index is 0.0305. The number of likely N-dealkylation sites (N-methyl/N-ethyl adjacent to an activating group) is 1. The van der Waals surface area contributed by atoms with Crippen molar-refractivity contribution in [3.63, 3.8) is 0 Å². The maximum absolute atomic E-state index is 14.2. The third-order valence-corrected chi connectivity index (χ3v) is 9.83. The molecule has 1 aromatic carbocycles. The molecule has 1 amide bonds. The molecule has 2 aromatic heterocycles. The summed E-state index contributed by atoms with van der Waals surface area (Å²) in [4.78, 5) is 35.0. The molecule has 3 aliphatic heterocycles. The summed E-state index contributed by atoms with van der Waals surface area (Å²) in [6.07, 6.45) is 10.9.